The van der Waals surface area contributed by atoms with Gasteiger partial charge in [0.15, 0.2) is 5.78 Å². The average Bonchev–Trinajstić information content (AvgIpc) is 2.33. The second-order valence-electron chi connectivity index (χ2n) is 6.03. The third-order valence-corrected chi connectivity index (χ3v) is 2.92. The number of nitrogens with two attached hydrogens (primary N) is 1. The summed E-state index contributed by atoms with van der Waals surface area (Å²) in [6, 6.07) is -1.07. The first-order chi connectivity index (χ1) is 9.27. The molecule has 0 rings (SSSR count). The zero-order chi connectivity index (χ0) is 15.7. The molecule has 5 heteroatoms. The van der Waals surface area contributed by atoms with Gasteiger partial charge in [0.25, 0.3) is 0 Å². The highest BCUT2D eigenvalue weighted by atomic mass is 16.5. The summed E-state index contributed by atoms with van der Waals surface area (Å²) in [7, 11) is 0. The molecule has 0 aliphatic rings. The number of rotatable bonds is 10. The van der Waals surface area contributed by atoms with Crippen LogP contribution in [0.15, 0.2) is 0 Å². The Morgan fingerprint density at radius 3 is 2.10 bits per heavy atom. The smallest absolute Gasteiger partial charge is 0.237 e. The van der Waals surface area contributed by atoms with E-state index in [-0.39, 0.29) is 18.3 Å². The van der Waals surface area contributed by atoms with E-state index in [0.29, 0.717) is 31.3 Å². The predicted molar refractivity (Wildman–Crippen MR) is 80.3 cm³/mol. The van der Waals surface area contributed by atoms with Gasteiger partial charge in [-0.3, -0.25) is 9.59 Å². The Hall–Kier alpha value is -0.940. The number of ketones is 1. The molecule has 0 aliphatic heterocycles. The standard InChI is InChI=1S/C15H30N2O3/c1-6-20-9-14(18)13(8-11(4)5)17-15(19)12(16)7-10(2)3/h10-13H,6-9,16H2,1-5H3,(H,17,19)/t12-,13-/m0/s1. The largest absolute Gasteiger partial charge is 0.374 e. The van der Waals surface area contributed by atoms with Crippen LogP contribution in [0.25, 0.3) is 0 Å². The lowest BCUT2D eigenvalue weighted by molar-refractivity contribution is -0.131. The minimum Gasteiger partial charge on any atom is -0.374 e. The summed E-state index contributed by atoms with van der Waals surface area (Å²) < 4.78 is 5.13. The number of amides is 1. The number of carbonyl (C=O) groups is 2. The number of carbonyl (C=O) groups excluding carboxylic acids is 2. The van der Waals surface area contributed by atoms with Crippen LogP contribution in [0.3, 0.4) is 0 Å². The zero-order valence-electron chi connectivity index (χ0n) is 13.4. The Kier molecular flexibility index (Phi) is 9.42. The molecule has 5 nitrogen and oxygen atoms in total. The molecule has 0 aliphatic carbocycles. The highest BCUT2D eigenvalue weighted by Gasteiger charge is 2.24. The van der Waals surface area contributed by atoms with Crippen LogP contribution in [0.5, 0.6) is 0 Å². The van der Waals surface area contributed by atoms with Crippen molar-refractivity contribution in [2.24, 2.45) is 17.6 Å². The van der Waals surface area contributed by atoms with E-state index in [2.05, 4.69) is 5.32 Å². The SMILES string of the molecule is CCOCC(=O)[C@H](CC(C)C)NC(=O)[C@@H](N)CC(C)C. The normalized spacial score (nSPS) is 14.4. The Balaban J connectivity index is 4.55. The second kappa shape index (κ2) is 9.88. The molecule has 0 fully saturated rings. The summed E-state index contributed by atoms with van der Waals surface area (Å²) in [5, 5.41) is 2.77. The molecule has 3 N–H and O–H groups in total. The second-order valence-corrected chi connectivity index (χ2v) is 6.03. The quantitative estimate of drug-likeness (QED) is 0.637. The van der Waals surface area contributed by atoms with E-state index in [0.717, 1.165) is 0 Å². The number of hydrogen-bond acceptors (Lipinski definition) is 4. The van der Waals surface area contributed by atoms with Gasteiger partial charge in [0.2, 0.25) is 5.91 Å². The van der Waals surface area contributed by atoms with Crippen molar-refractivity contribution >= 4 is 11.7 Å². The summed E-state index contributed by atoms with van der Waals surface area (Å²) in [4.78, 5) is 24.1. The lowest BCUT2D eigenvalue weighted by Crippen LogP contribution is -2.50. The van der Waals surface area contributed by atoms with Crippen LogP contribution in [-0.2, 0) is 14.3 Å². The maximum Gasteiger partial charge on any atom is 0.237 e. The molecule has 2 atom stereocenters. The molecule has 0 aromatic heterocycles. The maximum atomic E-state index is 12.0. The zero-order valence-corrected chi connectivity index (χ0v) is 13.4. The van der Waals surface area contributed by atoms with Crippen molar-refractivity contribution < 1.29 is 14.3 Å². The van der Waals surface area contributed by atoms with Crippen molar-refractivity contribution in [1.29, 1.82) is 0 Å². The Morgan fingerprint density at radius 2 is 1.65 bits per heavy atom. The van der Waals surface area contributed by atoms with Crippen molar-refractivity contribution in [3.05, 3.63) is 0 Å². The minimum absolute atomic E-state index is 0.0353. The van der Waals surface area contributed by atoms with E-state index in [1.165, 1.54) is 0 Å². The Labute approximate surface area is 122 Å². The van der Waals surface area contributed by atoms with Crippen molar-refractivity contribution in [1.82, 2.24) is 5.32 Å². The third-order valence-electron chi connectivity index (χ3n) is 2.92. The van der Waals surface area contributed by atoms with Gasteiger partial charge in [-0.1, -0.05) is 27.7 Å². The van der Waals surface area contributed by atoms with Gasteiger partial charge in [-0.15, -0.1) is 0 Å². The predicted octanol–water partition coefficient (Wildman–Crippen LogP) is 1.50. The van der Waals surface area contributed by atoms with Crippen molar-refractivity contribution in [3.8, 4) is 0 Å². The minimum atomic E-state index is -0.565. The van der Waals surface area contributed by atoms with Crippen molar-refractivity contribution in [3.63, 3.8) is 0 Å². The average molecular weight is 286 g/mol. The topological polar surface area (TPSA) is 81.4 Å². The highest BCUT2D eigenvalue weighted by molar-refractivity contribution is 5.91. The van der Waals surface area contributed by atoms with Crippen LogP contribution in [-0.4, -0.2) is 37.0 Å². The molecular weight excluding hydrogens is 256 g/mol. The van der Waals surface area contributed by atoms with Gasteiger partial charge >= 0.3 is 0 Å². The molecule has 0 unspecified atom stereocenters. The van der Waals surface area contributed by atoms with Crippen LogP contribution < -0.4 is 11.1 Å². The highest BCUT2D eigenvalue weighted by Crippen LogP contribution is 2.08. The van der Waals surface area contributed by atoms with Crippen molar-refractivity contribution in [2.75, 3.05) is 13.2 Å². The van der Waals surface area contributed by atoms with Crippen LogP contribution in [0.2, 0.25) is 0 Å². The Bertz CT molecular complexity index is 303. The van der Waals surface area contributed by atoms with Gasteiger partial charge in [-0.05, 0) is 31.6 Å². The fourth-order valence-corrected chi connectivity index (χ4v) is 1.94. The first-order valence-electron chi connectivity index (χ1n) is 7.44. The molecule has 0 aromatic rings. The summed E-state index contributed by atoms with van der Waals surface area (Å²) in [6.07, 6.45) is 1.21. The van der Waals surface area contributed by atoms with E-state index in [1.54, 1.807) is 0 Å². The molecule has 0 bridgehead atoms. The molecule has 0 saturated carbocycles. The molecule has 20 heavy (non-hydrogen) atoms. The first-order valence-corrected chi connectivity index (χ1v) is 7.44. The van der Waals surface area contributed by atoms with Gasteiger partial charge in [0, 0.05) is 6.61 Å². The van der Waals surface area contributed by atoms with Crippen LogP contribution in [0, 0.1) is 11.8 Å². The lowest BCUT2D eigenvalue weighted by Gasteiger charge is -2.22. The fourth-order valence-electron chi connectivity index (χ4n) is 1.94. The molecule has 1 amide bonds. The molecule has 0 heterocycles. The Morgan fingerprint density at radius 1 is 1.10 bits per heavy atom. The van der Waals surface area contributed by atoms with E-state index in [1.807, 2.05) is 34.6 Å². The molecule has 0 saturated heterocycles. The number of Topliss-reactive ketones (excluding diaryl/α,β-unsaturated/α-hetero) is 1. The van der Waals surface area contributed by atoms with Crippen LogP contribution in [0.4, 0.5) is 0 Å². The molecular formula is C15H30N2O3. The monoisotopic (exact) mass is 286 g/mol. The van der Waals surface area contributed by atoms with E-state index in [9.17, 15) is 9.59 Å². The van der Waals surface area contributed by atoms with E-state index < -0.39 is 12.1 Å². The van der Waals surface area contributed by atoms with E-state index in [4.69, 9.17) is 10.5 Å². The number of hydrogen-bond donors (Lipinski definition) is 2. The van der Waals surface area contributed by atoms with Gasteiger partial charge in [0.05, 0.1) is 12.1 Å². The number of ether oxygens (including phenoxy) is 1. The molecule has 0 radical (unpaired) electrons. The first kappa shape index (κ1) is 19.1. The maximum absolute atomic E-state index is 12.0. The van der Waals surface area contributed by atoms with Gasteiger partial charge < -0.3 is 15.8 Å². The lowest BCUT2D eigenvalue weighted by atomic mass is 9.99. The van der Waals surface area contributed by atoms with E-state index >= 15 is 0 Å². The van der Waals surface area contributed by atoms with Gasteiger partial charge in [0.1, 0.15) is 6.61 Å². The summed E-state index contributed by atoms with van der Waals surface area (Å²) in [5.74, 6) is 0.311. The summed E-state index contributed by atoms with van der Waals surface area (Å²) in [6.45, 7) is 10.4. The summed E-state index contributed by atoms with van der Waals surface area (Å²) >= 11 is 0. The van der Waals surface area contributed by atoms with Crippen molar-refractivity contribution in [2.45, 2.75) is 59.5 Å². The number of nitrogens with one attached hydrogen (secondary N) is 1. The van der Waals surface area contributed by atoms with Gasteiger partial charge in [-0.25, -0.2) is 0 Å². The fraction of sp³-hybridized carbons (Fsp3) is 0.867. The van der Waals surface area contributed by atoms with Crippen LogP contribution in [0.1, 0.15) is 47.5 Å². The van der Waals surface area contributed by atoms with Crippen LogP contribution >= 0.6 is 0 Å². The third kappa shape index (κ3) is 8.27. The molecule has 0 aromatic carbocycles. The molecule has 118 valence electrons. The van der Waals surface area contributed by atoms with Gasteiger partial charge in [-0.2, -0.15) is 0 Å². The molecule has 0 spiro atoms. The summed E-state index contributed by atoms with van der Waals surface area (Å²) in [5.41, 5.74) is 5.84.